The van der Waals surface area contributed by atoms with Crippen molar-refractivity contribution in [3.63, 3.8) is 0 Å². The van der Waals surface area contributed by atoms with Crippen LogP contribution in [-0.4, -0.2) is 50.4 Å². The van der Waals surface area contributed by atoms with Gasteiger partial charge in [-0.3, -0.25) is 14.7 Å². The number of carbonyl (C=O) groups excluding carboxylic acids is 1. The van der Waals surface area contributed by atoms with Gasteiger partial charge in [0.25, 0.3) is 5.91 Å². The molecule has 10 heteroatoms. The first-order valence-electron chi connectivity index (χ1n) is 10.5. The summed E-state index contributed by atoms with van der Waals surface area (Å²) in [7, 11) is 0. The van der Waals surface area contributed by atoms with Crippen LogP contribution in [0.5, 0.6) is 11.5 Å². The van der Waals surface area contributed by atoms with E-state index in [-0.39, 0.29) is 18.7 Å². The summed E-state index contributed by atoms with van der Waals surface area (Å²) in [5.74, 6) is 2.90. The molecule has 2 aliphatic rings. The zero-order valence-electron chi connectivity index (χ0n) is 17.6. The molecule has 166 valence electrons. The SMILES string of the molecule is C[C@H](NC(=O)c1cccnc1)c1nnc2n1CCN(Cc1cc3c(cc1Cl)OCO3)CC2. The number of nitrogens with zero attached hydrogens (tertiary/aromatic N) is 5. The zero-order chi connectivity index (χ0) is 22.1. The van der Waals surface area contributed by atoms with Gasteiger partial charge in [-0.05, 0) is 30.7 Å². The first-order valence-corrected chi connectivity index (χ1v) is 10.9. The van der Waals surface area contributed by atoms with Crippen molar-refractivity contribution >= 4 is 17.5 Å². The molecule has 2 aromatic heterocycles. The second kappa shape index (κ2) is 8.76. The third-order valence-corrected chi connectivity index (χ3v) is 6.09. The number of ether oxygens (including phenoxy) is 2. The van der Waals surface area contributed by atoms with E-state index in [1.807, 2.05) is 19.1 Å². The topological polar surface area (TPSA) is 94.4 Å². The van der Waals surface area contributed by atoms with Gasteiger partial charge in [0.15, 0.2) is 17.3 Å². The smallest absolute Gasteiger partial charge is 0.253 e. The van der Waals surface area contributed by atoms with Crippen LogP contribution in [0.1, 0.15) is 40.5 Å². The van der Waals surface area contributed by atoms with Crippen LogP contribution in [0.2, 0.25) is 5.02 Å². The average Bonchev–Trinajstić information content (AvgIpc) is 3.37. The van der Waals surface area contributed by atoms with Gasteiger partial charge < -0.3 is 19.4 Å². The van der Waals surface area contributed by atoms with Crippen molar-refractivity contribution < 1.29 is 14.3 Å². The summed E-state index contributed by atoms with van der Waals surface area (Å²) in [4.78, 5) is 18.8. The van der Waals surface area contributed by atoms with Crippen LogP contribution in [-0.2, 0) is 19.5 Å². The highest BCUT2D eigenvalue weighted by Crippen LogP contribution is 2.37. The van der Waals surface area contributed by atoms with Gasteiger partial charge >= 0.3 is 0 Å². The molecule has 0 saturated heterocycles. The molecule has 5 rings (SSSR count). The summed E-state index contributed by atoms with van der Waals surface area (Å²) in [6, 6.07) is 6.97. The number of benzene rings is 1. The second-order valence-electron chi connectivity index (χ2n) is 7.89. The molecule has 1 aromatic carbocycles. The summed E-state index contributed by atoms with van der Waals surface area (Å²) < 4.78 is 13.0. The van der Waals surface area contributed by atoms with Crippen molar-refractivity contribution in [1.82, 2.24) is 30.0 Å². The van der Waals surface area contributed by atoms with Crippen LogP contribution in [0.4, 0.5) is 0 Å². The number of amides is 1. The Morgan fingerprint density at radius 1 is 1.22 bits per heavy atom. The van der Waals surface area contributed by atoms with E-state index in [2.05, 4.69) is 30.0 Å². The van der Waals surface area contributed by atoms with Gasteiger partial charge in [0.1, 0.15) is 5.82 Å². The van der Waals surface area contributed by atoms with E-state index >= 15 is 0 Å². The Morgan fingerprint density at radius 3 is 2.88 bits per heavy atom. The Kier molecular flexibility index (Phi) is 5.67. The van der Waals surface area contributed by atoms with Crippen LogP contribution in [0, 0.1) is 0 Å². The quantitative estimate of drug-likeness (QED) is 0.633. The van der Waals surface area contributed by atoms with E-state index in [0.717, 1.165) is 49.0 Å². The molecule has 9 nitrogen and oxygen atoms in total. The predicted molar refractivity (Wildman–Crippen MR) is 117 cm³/mol. The van der Waals surface area contributed by atoms with E-state index in [0.29, 0.717) is 22.9 Å². The molecule has 4 heterocycles. The van der Waals surface area contributed by atoms with Crippen molar-refractivity contribution in [1.29, 1.82) is 0 Å². The maximum absolute atomic E-state index is 12.5. The van der Waals surface area contributed by atoms with E-state index in [4.69, 9.17) is 21.1 Å². The number of hydrogen-bond acceptors (Lipinski definition) is 7. The number of nitrogens with one attached hydrogen (secondary N) is 1. The molecule has 0 bridgehead atoms. The molecule has 2 aliphatic heterocycles. The normalized spacial score (nSPS) is 16.3. The van der Waals surface area contributed by atoms with Crippen molar-refractivity contribution in [3.8, 4) is 11.5 Å². The number of carbonyl (C=O) groups is 1. The fraction of sp³-hybridized carbons (Fsp3) is 0.364. The van der Waals surface area contributed by atoms with Crippen molar-refractivity contribution in [2.24, 2.45) is 0 Å². The number of hydrogen-bond donors (Lipinski definition) is 1. The van der Waals surface area contributed by atoms with Crippen LogP contribution in [0.25, 0.3) is 0 Å². The molecular weight excluding hydrogens is 432 g/mol. The second-order valence-corrected chi connectivity index (χ2v) is 8.29. The predicted octanol–water partition coefficient (Wildman–Crippen LogP) is 2.60. The van der Waals surface area contributed by atoms with E-state index in [1.165, 1.54) is 0 Å². The minimum atomic E-state index is -0.279. The monoisotopic (exact) mass is 454 g/mol. The van der Waals surface area contributed by atoms with Crippen molar-refractivity contribution in [2.45, 2.75) is 32.5 Å². The highest BCUT2D eigenvalue weighted by Gasteiger charge is 2.24. The van der Waals surface area contributed by atoms with Gasteiger partial charge in [0, 0.05) is 56.1 Å². The van der Waals surface area contributed by atoms with Gasteiger partial charge in [-0.25, -0.2) is 0 Å². The molecule has 32 heavy (non-hydrogen) atoms. The lowest BCUT2D eigenvalue weighted by molar-refractivity contribution is 0.0937. The van der Waals surface area contributed by atoms with Crippen molar-refractivity contribution in [2.75, 3.05) is 19.9 Å². The number of aromatic nitrogens is 4. The fourth-order valence-corrected chi connectivity index (χ4v) is 4.24. The molecule has 1 atom stereocenters. The molecule has 1 amide bonds. The van der Waals surface area contributed by atoms with Gasteiger partial charge in [-0.2, -0.15) is 0 Å². The third kappa shape index (κ3) is 4.13. The average molecular weight is 455 g/mol. The molecular formula is C22H23ClN6O3. The molecule has 0 unspecified atom stereocenters. The maximum Gasteiger partial charge on any atom is 0.253 e. The first-order chi connectivity index (χ1) is 15.6. The van der Waals surface area contributed by atoms with E-state index in [1.54, 1.807) is 24.5 Å². The van der Waals surface area contributed by atoms with Crippen molar-refractivity contribution in [3.05, 3.63) is 64.5 Å². The summed E-state index contributed by atoms with van der Waals surface area (Å²) in [6.07, 6.45) is 3.95. The van der Waals surface area contributed by atoms with Gasteiger partial charge in [-0.15, -0.1) is 10.2 Å². The van der Waals surface area contributed by atoms with E-state index < -0.39 is 0 Å². The third-order valence-electron chi connectivity index (χ3n) is 5.74. The number of fused-ring (bicyclic) bond motifs is 2. The van der Waals surface area contributed by atoms with Gasteiger partial charge in [0.2, 0.25) is 6.79 Å². The standard InChI is InChI=1S/C22H23ClN6O3/c1-14(25-22(30)15-3-2-5-24-11-15)21-27-26-20-4-6-28(7-8-29(20)21)12-16-9-18-19(10-17(16)23)32-13-31-18/h2-3,5,9-11,14H,4,6-8,12-13H2,1H3,(H,25,30)/t14-/m0/s1. The Balaban J connectivity index is 1.26. The van der Waals surface area contributed by atoms with Gasteiger partial charge in [0.05, 0.1) is 11.6 Å². The number of halogens is 1. The first kappa shape index (κ1) is 20.7. The highest BCUT2D eigenvalue weighted by molar-refractivity contribution is 6.31. The summed E-state index contributed by atoms with van der Waals surface area (Å²) in [5.41, 5.74) is 1.52. The lowest BCUT2D eigenvalue weighted by Crippen LogP contribution is -2.30. The number of pyridine rings is 1. The summed E-state index contributed by atoms with van der Waals surface area (Å²) in [6.45, 7) is 5.22. The Hall–Kier alpha value is -3.17. The van der Waals surface area contributed by atoms with Gasteiger partial charge in [-0.1, -0.05) is 11.6 Å². The van der Waals surface area contributed by atoms with Crippen LogP contribution in [0.3, 0.4) is 0 Å². The summed E-state index contributed by atoms with van der Waals surface area (Å²) >= 11 is 6.47. The van der Waals surface area contributed by atoms with Crippen LogP contribution in [0.15, 0.2) is 36.7 Å². The van der Waals surface area contributed by atoms with Crippen LogP contribution < -0.4 is 14.8 Å². The lowest BCUT2D eigenvalue weighted by atomic mass is 10.2. The minimum absolute atomic E-state index is 0.185. The fourth-order valence-electron chi connectivity index (χ4n) is 4.03. The highest BCUT2D eigenvalue weighted by atomic mass is 35.5. The molecule has 3 aromatic rings. The van der Waals surface area contributed by atoms with E-state index in [9.17, 15) is 4.79 Å². The molecule has 0 saturated carbocycles. The minimum Gasteiger partial charge on any atom is -0.454 e. The lowest BCUT2D eigenvalue weighted by Gasteiger charge is -2.21. The Labute approximate surface area is 190 Å². The zero-order valence-corrected chi connectivity index (χ0v) is 18.4. The Bertz CT molecular complexity index is 1140. The Morgan fingerprint density at radius 2 is 2.06 bits per heavy atom. The van der Waals surface area contributed by atoms with Crippen LogP contribution >= 0.6 is 11.6 Å². The largest absolute Gasteiger partial charge is 0.454 e. The molecule has 0 fully saturated rings. The maximum atomic E-state index is 12.5. The molecule has 1 N–H and O–H groups in total. The molecule has 0 spiro atoms. The number of rotatable bonds is 5. The molecule has 0 aliphatic carbocycles. The summed E-state index contributed by atoms with van der Waals surface area (Å²) in [5, 5.41) is 12.4. The molecule has 0 radical (unpaired) electrons.